The third-order valence-corrected chi connectivity index (χ3v) is 3.70. The lowest BCUT2D eigenvalue weighted by atomic mass is 10.3. The highest BCUT2D eigenvalue weighted by molar-refractivity contribution is 14.1. The quantitative estimate of drug-likeness (QED) is 0.711. The highest BCUT2D eigenvalue weighted by Crippen LogP contribution is 2.24. The third kappa shape index (κ3) is 4.57. The molecule has 1 aromatic heterocycles. The molecule has 0 bridgehead atoms. The summed E-state index contributed by atoms with van der Waals surface area (Å²) < 4.78 is 1.01. The number of aromatic nitrogens is 1. The van der Waals surface area contributed by atoms with Gasteiger partial charge in [-0.25, -0.2) is 4.98 Å². The fourth-order valence-corrected chi connectivity index (χ4v) is 2.59. The highest BCUT2D eigenvalue weighted by Gasteiger charge is 2.10. The molecule has 110 valence electrons. The molecule has 1 aromatic carbocycles. The van der Waals surface area contributed by atoms with Gasteiger partial charge in [-0.2, -0.15) is 0 Å². The number of hydrogen-bond donors (Lipinski definition) is 2. The van der Waals surface area contributed by atoms with Gasteiger partial charge in [-0.1, -0.05) is 24.6 Å². The smallest absolute Gasteiger partial charge is 0.274 e. The van der Waals surface area contributed by atoms with E-state index in [0.29, 0.717) is 22.2 Å². The van der Waals surface area contributed by atoms with Crippen molar-refractivity contribution < 1.29 is 4.79 Å². The SMILES string of the molecule is CCCNc1cccc(C(=O)Nc2ccc(I)cc2Cl)n1. The predicted octanol–water partition coefficient (Wildman–Crippen LogP) is 4.41. The van der Waals surface area contributed by atoms with Crippen LogP contribution < -0.4 is 10.6 Å². The third-order valence-electron chi connectivity index (χ3n) is 2.72. The molecule has 0 spiro atoms. The molecule has 4 nitrogen and oxygen atoms in total. The number of carbonyl (C=O) groups excluding carboxylic acids is 1. The summed E-state index contributed by atoms with van der Waals surface area (Å²) in [7, 11) is 0. The average Bonchev–Trinajstić information content (AvgIpc) is 2.48. The van der Waals surface area contributed by atoms with E-state index in [4.69, 9.17) is 11.6 Å². The van der Waals surface area contributed by atoms with Crippen LogP contribution in [-0.2, 0) is 0 Å². The van der Waals surface area contributed by atoms with Crippen molar-refractivity contribution in [1.82, 2.24) is 4.98 Å². The van der Waals surface area contributed by atoms with Gasteiger partial charge in [-0.15, -0.1) is 0 Å². The molecule has 2 rings (SSSR count). The number of nitrogens with zero attached hydrogens (tertiary/aromatic N) is 1. The molecule has 0 atom stereocenters. The Morgan fingerprint density at radius 3 is 2.86 bits per heavy atom. The van der Waals surface area contributed by atoms with Gasteiger partial charge in [0, 0.05) is 10.1 Å². The van der Waals surface area contributed by atoms with Crippen molar-refractivity contribution in [3.63, 3.8) is 0 Å². The topological polar surface area (TPSA) is 54.0 Å². The van der Waals surface area contributed by atoms with E-state index in [-0.39, 0.29) is 5.91 Å². The van der Waals surface area contributed by atoms with Crippen molar-refractivity contribution >= 4 is 51.6 Å². The van der Waals surface area contributed by atoms with E-state index in [9.17, 15) is 4.79 Å². The summed E-state index contributed by atoms with van der Waals surface area (Å²) in [5.74, 6) is 0.413. The Hall–Kier alpha value is -1.34. The Balaban J connectivity index is 2.12. The number of amides is 1. The summed E-state index contributed by atoms with van der Waals surface area (Å²) in [6, 6.07) is 10.8. The van der Waals surface area contributed by atoms with Crippen molar-refractivity contribution in [2.75, 3.05) is 17.2 Å². The summed E-state index contributed by atoms with van der Waals surface area (Å²) in [6.45, 7) is 2.89. The van der Waals surface area contributed by atoms with Crippen LogP contribution in [0.5, 0.6) is 0 Å². The summed E-state index contributed by atoms with van der Waals surface area (Å²) in [5.41, 5.74) is 0.932. The predicted molar refractivity (Wildman–Crippen MR) is 95.1 cm³/mol. The molecule has 1 amide bonds. The first kappa shape index (κ1) is 16.0. The monoisotopic (exact) mass is 415 g/mol. The second-order valence-electron chi connectivity index (χ2n) is 4.41. The average molecular weight is 416 g/mol. The number of anilines is 2. The van der Waals surface area contributed by atoms with Crippen LogP contribution >= 0.6 is 34.2 Å². The molecule has 6 heteroatoms. The first-order chi connectivity index (χ1) is 10.1. The molecule has 2 N–H and O–H groups in total. The molecular formula is C15H15ClIN3O. The number of halogens is 2. The van der Waals surface area contributed by atoms with Crippen LogP contribution in [0.25, 0.3) is 0 Å². The summed E-state index contributed by atoms with van der Waals surface area (Å²) >= 11 is 8.28. The molecule has 1 heterocycles. The van der Waals surface area contributed by atoms with Gasteiger partial charge in [0.1, 0.15) is 11.5 Å². The lowest BCUT2D eigenvalue weighted by Crippen LogP contribution is -2.15. The van der Waals surface area contributed by atoms with Crippen molar-refractivity contribution in [1.29, 1.82) is 0 Å². The fourth-order valence-electron chi connectivity index (χ4n) is 1.69. The van der Waals surface area contributed by atoms with E-state index in [2.05, 4.69) is 45.1 Å². The molecule has 0 aliphatic carbocycles. The molecule has 0 unspecified atom stereocenters. The number of nitrogens with one attached hydrogen (secondary N) is 2. The van der Waals surface area contributed by atoms with Crippen LogP contribution in [0, 0.1) is 3.57 Å². The van der Waals surface area contributed by atoms with Gasteiger partial charge in [0.25, 0.3) is 5.91 Å². The van der Waals surface area contributed by atoms with Gasteiger partial charge < -0.3 is 10.6 Å². The molecule has 0 aliphatic heterocycles. The van der Waals surface area contributed by atoms with Crippen LogP contribution in [0.15, 0.2) is 36.4 Å². The van der Waals surface area contributed by atoms with Crippen LogP contribution in [-0.4, -0.2) is 17.4 Å². The number of rotatable bonds is 5. The van der Waals surface area contributed by atoms with Gasteiger partial charge in [-0.05, 0) is 59.3 Å². The standard InChI is InChI=1S/C15H15ClIN3O/c1-2-8-18-14-5-3-4-13(19-14)15(21)20-12-7-6-10(17)9-11(12)16/h3-7,9H,2,8H2,1H3,(H,18,19)(H,20,21). The van der Waals surface area contributed by atoms with Crippen LogP contribution in [0.4, 0.5) is 11.5 Å². The largest absolute Gasteiger partial charge is 0.370 e. The van der Waals surface area contributed by atoms with E-state index in [1.54, 1.807) is 24.3 Å². The van der Waals surface area contributed by atoms with Gasteiger partial charge in [0.15, 0.2) is 0 Å². The van der Waals surface area contributed by atoms with Gasteiger partial charge in [0.2, 0.25) is 0 Å². The minimum atomic E-state index is -0.279. The minimum Gasteiger partial charge on any atom is -0.370 e. The Bertz CT molecular complexity index is 649. The van der Waals surface area contributed by atoms with Gasteiger partial charge in [0.05, 0.1) is 10.7 Å². The normalized spacial score (nSPS) is 10.2. The first-order valence-electron chi connectivity index (χ1n) is 6.57. The number of benzene rings is 1. The second-order valence-corrected chi connectivity index (χ2v) is 6.07. The molecule has 0 saturated heterocycles. The van der Waals surface area contributed by atoms with Crippen LogP contribution in [0.1, 0.15) is 23.8 Å². The Kier molecular flexibility index (Phi) is 5.81. The van der Waals surface area contributed by atoms with E-state index < -0.39 is 0 Å². The van der Waals surface area contributed by atoms with Gasteiger partial charge in [-0.3, -0.25) is 4.79 Å². The molecule has 0 radical (unpaired) electrons. The van der Waals surface area contributed by atoms with Crippen LogP contribution in [0.3, 0.4) is 0 Å². The second kappa shape index (κ2) is 7.61. The molecular weight excluding hydrogens is 401 g/mol. The molecule has 2 aromatic rings. The minimum absolute atomic E-state index is 0.279. The number of carbonyl (C=O) groups is 1. The maximum atomic E-state index is 12.2. The van der Waals surface area contributed by atoms with Crippen molar-refractivity contribution in [3.8, 4) is 0 Å². The first-order valence-corrected chi connectivity index (χ1v) is 8.03. The Labute approximate surface area is 142 Å². The van der Waals surface area contributed by atoms with Gasteiger partial charge >= 0.3 is 0 Å². The van der Waals surface area contributed by atoms with E-state index in [0.717, 1.165) is 16.5 Å². The zero-order valence-corrected chi connectivity index (χ0v) is 14.4. The zero-order valence-electron chi connectivity index (χ0n) is 11.5. The number of pyridine rings is 1. The maximum Gasteiger partial charge on any atom is 0.274 e. The summed E-state index contributed by atoms with van der Waals surface area (Å²) in [5, 5.41) is 6.44. The lowest BCUT2D eigenvalue weighted by molar-refractivity contribution is 0.102. The molecule has 21 heavy (non-hydrogen) atoms. The summed E-state index contributed by atoms with van der Waals surface area (Å²) in [4.78, 5) is 16.5. The van der Waals surface area contributed by atoms with Crippen molar-refractivity contribution in [3.05, 3.63) is 50.7 Å². The van der Waals surface area contributed by atoms with E-state index in [1.165, 1.54) is 0 Å². The highest BCUT2D eigenvalue weighted by atomic mass is 127. The van der Waals surface area contributed by atoms with Crippen LogP contribution in [0.2, 0.25) is 5.02 Å². The summed E-state index contributed by atoms with van der Waals surface area (Å²) in [6.07, 6.45) is 0.996. The zero-order chi connectivity index (χ0) is 15.2. The van der Waals surface area contributed by atoms with Crippen molar-refractivity contribution in [2.45, 2.75) is 13.3 Å². The molecule has 0 fully saturated rings. The maximum absolute atomic E-state index is 12.2. The Morgan fingerprint density at radius 1 is 1.33 bits per heavy atom. The molecule has 0 aliphatic rings. The molecule has 0 saturated carbocycles. The lowest BCUT2D eigenvalue weighted by Gasteiger charge is -2.09. The van der Waals surface area contributed by atoms with E-state index >= 15 is 0 Å². The Morgan fingerprint density at radius 2 is 2.14 bits per heavy atom. The van der Waals surface area contributed by atoms with E-state index in [1.807, 2.05) is 12.1 Å². The van der Waals surface area contributed by atoms with Crippen molar-refractivity contribution in [2.24, 2.45) is 0 Å². The fraction of sp³-hybridized carbons (Fsp3) is 0.200. The number of hydrogen-bond acceptors (Lipinski definition) is 3.